The van der Waals surface area contributed by atoms with Crippen molar-refractivity contribution in [3.8, 4) is 0 Å². The number of amides is 2. The fraction of sp³-hybridized carbons (Fsp3) is 0.417. The predicted octanol–water partition coefficient (Wildman–Crippen LogP) is 3.16. The van der Waals surface area contributed by atoms with Crippen molar-refractivity contribution in [2.75, 3.05) is 38.1 Å². The molecule has 0 bridgehead atoms. The van der Waals surface area contributed by atoms with Crippen molar-refractivity contribution >= 4 is 29.1 Å². The van der Waals surface area contributed by atoms with Crippen LogP contribution in [-0.2, 0) is 11.3 Å². The molecule has 0 saturated carbocycles. The molecule has 2 amide bonds. The summed E-state index contributed by atoms with van der Waals surface area (Å²) in [4.78, 5) is 30.3. The van der Waals surface area contributed by atoms with Gasteiger partial charge in [-0.05, 0) is 36.7 Å². The second kappa shape index (κ2) is 10.6. The van der Waals surface area contributed by atoms with E-state index in [1.54, 1.807) is 24.3 Å². The molecule has 1 aliphatic heterocycles. The number of benzene rings is 2. The molecule has 2 N–H and O–H groups in total. The number of piperazine rings is 1. The molecule has 1 saturated heterocycles. The van der Waals surface area contributed by atoms with E-state index in [0.717, 1.165) is 37.4 Å². The highest BCUT2D eigenvalue weighted by atomic mass is 35.5. The quantitative estimate of drug-likeness (QED) is 0.691. The number of nitrogens with zero attached hydrogens (tertiary/aromatic N) is 2. The van der Waals surface area contributed by atoms with Gasteiger partial charge in [-0.25, -0.2) is 0 Å². The van der Waals surface area contributed by atoms with Crippen molar-refractivity contribution in [2.24, 2.45) is 5.92 Å². The van der Waals surface area contributed by atoms with Crippen LogP contribution in [0, 0.1) is 5.92 Å². The van der Waals surface area contributed by atoms with Gasteiger partial charge in [0.1, 0.15) is 6.04 Å². The summed E-state index contributed by atoms with van der Waals surface area (Å²) in [5, 5.41) is 6.22. The number of likely N-dealkylation sites (N-methyl/N-ethyl adjacent to an activating group) is 1. The first-order valence-corrected chi connectivity index (χ1v) is 11.1. The van der Waals surface area contributed by atoms with E-state index in [4.69, 9.17) is 11.6 Å². The topological polar surface area (TPSA) is 64.7 Å². The van der Waals surface area contributed by atoms with Gasteiger partial charge in [0, 0.05) is 38.4 Å². The molecule has 0 spiro atoms. The Kier molecular flexibility index (Phi) is 7.93. The molecule has 2 aromatic carbocycles. The van der Waals surface area contributed by atoms with Crippen LogP contribution in [0.2, 0.25) is 5.02 Å². The molecular formula is C24H31ClN4O2. The zero-order valence-electron chi connectivity index (χ0n) is 18.4. The SMILES string of the molecule is CC(C)C(NC(=O)c1ccccc1Cl)C(=O)NCc1ccccc1N1CCN(C)CC1. The highest BCUT2D eigenvalue weighted by Gasteiger charge is 2.25. The molecule has 0 aliphatic carbocycles. The molecule has 166 valence electrons. The molecule has 6 nitrogen and oxygen atoms in total. The van der Waals surface area contributed by atoms with Crippen molar-refractivity contribution in [1.82, 2.24) is 15.5 Å². The summed E-state index contributed by atoms with van der Waals surface area (Å²) < 4.78 is 0. The van der Waals surface area contributed by atoms with Crippen molar-refractivity contribution in [2.45, 2.75) is 26.4 Å². The van der Waals surface area contributed by atoms with Crippen LogP contribution < -0.4 is 15.5 Å². The summed E-state index contributed by atoms with van der Waals surface area (Å²) in [6.07, 6.45) is 0. The number of anilines is 1. The molecule has 1 heterocycles. The monoisotopic (exact) mass is 442 g/mol. The highest BCUT2D eigenvalue weighted by Crippen LogP contribution is 2.22. The number of carbonyl (C=O) groups is 2. The molecular weight excluding hydrogens is 412 g/mol. The lowest BCUT2D eigenvalue weighted by atomic mass is 10.0. The minimum Gasteiger partial charge on any atom is -0.369 e. The lowest BCUT2D eigenvalue weighted by molar-refractivity contribution is -0.124. The number of rotatable bonds is 7. The van der Waals surface area contributed by atoms with Crippen molar-refractivity contribution in [3.05, 3.63) is 64.7 Å². The first-order chi connectivity index (χ1) is 14.9. The third kappa shape index (κ3) is 5.99. The predicted molar refractivity (Wildman–Crippen MR) is 126 cm³/mol. The molecule has 0 aromatic heterocycles. The molecule has 31 heavy (non-hydrogen) atoms. The van der Waals surface area contributed by atoms with Crippen LogP contribution in [0.15, 0.2) is 48.5 Å². The van der Waals surface area contributed by atoms with E-state index in [-0.39, 0.29) is 17.7 Å². The summed E-state index contributed by atoms with van der Waals surface area (Å²) >= 11 is 6.13. The molecule has 2 aromatic rings. The van der Waals surface area contributed by atoms with Gasteiger partial charge in [-0.15, -0.1) is 0 Å². The molecule has 7 heteroatoms. The van der Waals surface area contributed by atoms with E-state index >= 15 is 0 Å². The number of halogens is 1. The van der Waals surface area contributed by atoms with Gasteiger partial charge in [0.2, 0.25) is 5.91 Å². The Morgan fingerprint density at radius 2 is 1.65 bits per heavy atom. The molecule has 3 rings (SSSR count). The summed E-state index contributed by atoms with van der Waals surface area (Å²) in [5.74, 6) is -0.625. The Balaban J connectivity index is 1.66. The van der Waals surface area contributed by atoms with E-state index in [1.807, 2.05) is 32.0 Å². The van der Waals surface area contributed by atoms with Gasteiger partial charge in [0.15, 0.2) is 0 Å². The Hall–Kier alpha value is -2.57. The maximum atomic E-state index is 13.0. The first-order valence-electron chi connectivity index (χ1n) is 10.7. The summed E-state index contributed by atoms with van der Waals surface area (Å²) in [6.45, 7) is 8.19. The first kappa shape index (κ1) is 23.1. The minimum atomic E-state index is -0.653. The summed E-state index contributed by atoms with van der Waals surface area (Å²) in [7, 11) is 2.13. The van der Waals surface area contributed by atoms with Crippen LogP contribution in [-0.4, -0.2) is 56.0 Å². The molecule has 0 radical (unpaired) electrons. The zero-order chi connectivity index (χ0) is 22.4. The second-order valence-corrected chi connectivity index (χ2v) is 8.72. The number of hydrogen-bond acceptors (Lipinski definition) is 4. The van der Waals surface area contributed by atoms with Crippen LogP contribution in [0.3, 0.4) is 0 Å². The number of carbonyl (C=O) groups excluding carboxylic acids is 2. The standard InChI is InChI=1S/C24H31ClN4O2/c1-17(2)22(27-23(30)19-9-5-6-10-20(19)25)24(31)26-16-18-8-4-7-11-21(18)29-14-12-28(3)13-15-29/h4-11,17,22H,12-16H2,1-3H3,(H,26,31)(H,27,30). The Labute approximate surface area is 189 Å². The van der Waals surface area contributed by atoms with Gasteiger partial charge in [-0.3, -0.25) is 9.59 Å². The number of para-hydroxylation sites is 1. The fourth-order valence-corrected chi connectivity index (χ4v) is 3.93. The van der Waals surface area contributed by atoms with E-state index in [1.165, 1.54) is 0 Å². The van der Waals surface area contributed by atoms with Gasteiger partial charge in [-0.2, -0.15) is 0 Å². The van der Waals surface area contributed by atoms with Gasteiger partial charge < -0.3 is 20.4 Å². The molecule has 1 fully saturated rings. The summed E-state index contributed by atoms with van der Waals surface area (Å²) in [6, 6.07) is 14.3. The van der Waals surface area contributed by atoms with Crippen LogP contribution >= 0.6 is 11.6 Å². The fourth-order valence-electron chi connectivity index (χ4n) is 3.71. The average Bonchev–Trinajstić information content (AvgIpc) is 2.76. The van der Waals surface area contributed by atoms with Crippen LogP contribution in [0.25, 0.3) is 0 Å². The van der Waals surface area contributed by atoms with E-state index < -0.39 is 6.04 Å². The number of nitrogens with one attached hydrogen (secondary N) is 2. The van der Waals surface area contributed by atoms with E-state index in [9.17, 15) is 9.59 Å². The van der Waals surface area contributed by atoms with Gasteiger partial charge in [-0.1, -0.05) is 55.8 Å². The Morgan fingerprint density at radius 3 is 2.32 bits per heavy atom. The van der Waals surface area contributed by atoms with Crippen LogP contribution in [0.4, 0.5) is 5.69 Å². The van der Waals surface area contributed by atoms with Crippen molar-refractivity contribution < 1.29 is 9.59 Å². The Bertz CT molecular complexity index is 910. The van der Waals surface area contributed by atoms with E-state index in [0.29, 0.717) is 17.1 Å². The normalized spacial score (nSPS) is 15.6. The van der Waals surface area contributed by atoms with Gasteiger partial charge in [0.25, 0.3) is 5.91 Å². The van der Waals surface area contributed by atoms with E-state index in [2.05, 4.69) is 33.5 Å². The van der Waals surface area contributed by atoms with Crippen molar-refractivity contribution in [1.29, 1.82) is 0 Å². The van der Waals surface area contributed by atoms with Gasteiger partial charge in [0.05, 0.1) is 10.6 Å². The van der Waals surface area contributed by atoms with Crippen molar-refractivity contribution in [3.63, 3.8) is 0 Å². The molecule has 1 aliphatic rings. The lowest BCUT2D eigenvalue weighted by Gasteiger charge is -2.35. The minimum absolute atomic E-state index is 0.0701. The number of hydrogen-bond donors (Lipinski definition) is 2. The van der Waals surface area contributed by atoms with Gasteiger partial charge >= 0.3 is 0 Å². The third-order valence-electron chi connectivity index (χ3n) is 5.64. The highest BCUT2D eigenvalue weighted by molar-refractivity contribution is 6.33. The smallest absolute Gasteiger partial charge is 0.253 e. The van der Waals surface area contributed by atoms with Crippen LogP contribution in [0.5, 0.6) is 0 Å². The van der Waals surface area contributed by atoms with Crippen LogP contribution in [0.1, 0.15) is 29.8 Å². The zero-order valence-corrected chi connectivity index (χ0v) is 19.2. The summed E-state index contributed by atoms with van der Waals surface area (Å²) in [5.41, 5.74) is 2.58. The maximum absolute atomic E-state index is 13.0. The maximum Gasteiger partial charge on any atom is 0.253 e. The largest absolute Gasteiger partial charge is 0.369 e. The lowest BCUT2D eigenvalue weighted by Crippen LogP contribution is -2.49. The Morgan fingerprint density at radius 1 is 1.00 bits per heavy atom. The molecule has 1 atom stereocenters. The average molecular weight is 443 g/mol. The second-order valence-electron chi connectivity index (χ2n) is 8.31. The molecule has 1 unspecified atom stereocenters. The third-order valence-corrected chi connectivity index (χ3v) is 5.97.